The topological polar surface area (TPSA) is 81.3 Å². The molecule has 144 valence electrons. The number of fused-ring (bicyclic) bond motifs is 1. The fraction of sp³-hybridized carbons (Fsp3) is 0.0870. The highest BCUT2D eigenvalue weighted by Gasteiger charge is 2.15. The largest absolute Gasteiger partial charge is 0.493 e. The zero-order valence-corrected chi connectivity index (χ0v) is 15.9. The number of ether oxygens (including phenoxy) is 2. The van der Waals surface area contributed by atoms with Crippen LogP contribution in [0.3, 0.4) is 0 Å². The number of aromatic nitrogens is 2. The Hall–Kier alpha value is -3.93. The molecule has 0 amide bonds. The fourth-order valence-electron chi connectivity index (χ4n) is 3.05. The number of benzene rings is 3. The van der Waals surface area contributed by atoms with Gasteiger partial charge in [-0.2, -0.15) is 0 Å². The van der Waals surface area contributed by atoms with E-state index in [0.717, 1.165) is 5.56 Å². The number of nitrogens with zero attached hydrogens (tertiary/aromatic N) is 1. The molecular weight excluding hydrogens is 368 g/mol. The van der Waals surface area contributed by atoms with E-state index in [-0.39, 0.29) is 11.3 Å². The van der Waals surface area contributed by atoms with E-state index >= 15 is 0 Å². The average Bonchev–Trinajstić information content (AvgIpc) is 2.74. The van der Waals surface area contributed by atoms with Crippen LogP contribution in [0.1, 0.15) is 15.9 Å². The second-order valence-electron chi connectivity index (χ2n) is 6.56. The van der Waals surface area contributed by atoms with Crippen molar-refractivity contribution in [2.45, 2.75) is 6.92 Å². The Bertz CT molecular complexity index is 1280. The summed E-state index contributed by atoms with van der Waals surface area (Å²) in [6.07, 6.45) is 0. The fourth-order valence-corrected chi connectivity index (χ4v) is 3.05. The minimum absolute atomic E-state index is 0.223. The summed E-state index contributed by atoms with van der Waals surface area (Å²) in [7, 11) is 1.49. The molecule has 0 aliphatic rings. The van der Waals surface area contributed by atoms with Gasteiger partial charge in [0, 0.05) is 5.56 Å². The maximum atomic E-state index is 12.4. The first-order valence-electron chi connectivity index (χ1n) is 9.01. The Morgan fingerprint density at radius 3 is 2.59 bits per heavy atom. The lowest BCUT2D eigenvalue weighted by atomic mass is 10.1. The molecule has 3 aromatic carbocycles. The molecule has 0 aliphatic heterocycles. The molecule has 4 aromatic rings. The zero-order valence-electron chi connectivity index (χ0n) is 15.9. The Kier molecular flexibility index (Phi) is 4.83. The van der Waals surface area contributed by atoms with Crippen LogP contribution < -0.4 is 15.0 Å². The first-order valence-corrected chi connectivity index (χ1v) is 9.01. The smallest absolute Gasteiger partial charge is 0.343 e. The summed E-state index contributed by atoms with van der Waals surface area (Å²) in [6.45, 7) is 1.91. The van der Waals surface area contributed by atoms with Crippen LogP contribution in [0.5, 0.6) is 11.5 Å². The lowest BCUT2D eigenvalue weighted by Gasteiger charge is -2.11. The lowest BCUT2D eigenvalue weighted by molar-refractivity contribution is 0.0729. The summed E-state index contributed by atoms with van der Waals surface area (Å²) in [4.78, 5) is 32.1. The van der Waals surface area contributed by atoms with Crippen molar-refractivity contribution in [3.8, 4) is 22.9 Å². The molecule has 0 atom stereocenters. The number of H-pyrrole nitrogens is 1. The highest BCUT2D eigenvalue weighted by atomic mass is 16.6. The number of hydrogen-bond donors (Lipinski definition) is 1. The van der Waals surface area contributed by atoms with Gasteiger partial charge in [0.15, 0.2) is 11.5 Å². The van der Waals surface area contributed by atoms with Crippen LogP contribution in [0.2, 0.25) is 0 Å². The Morgan fingerprint density at radius 2 is 1.79 bits per heavy atom. The molecule has 0 bridgehead atoms. The van der Waals surface area contributed by atoms with Crippen LogP contribution in [0.25, 0.3) is 22.3 Å². The van der Waals surface area contributed by atoms with Gasteiger partial charge < -0.3 is 14.5 Å². The SMILES string of the molecule is COc1cc(-c2nc3ccccc3c(=O)[nH]2)ccc1OC(=O)c1cccc(C)c1. The number of carbonyl (C=O) groups is 1. The standard InChI is InChI=1S/C23H18N2O4/c1-14-6-5-7-16(12-14)23(27)29-19-11-10-15(13-20(19)28-2)21-24-18-9-4-3-8-17(18)22(26)25-21/h3-13H,1-2H3,(H,24,25,26). The van der Waals surface area contributed by atoms with Gasteiger partial charge in [-0.15, -0.1) is 0 Å². The maximum Gasteiger partial charge on any atom is 0.343 e. The monoisotopic (exact) mass is 386 g/mol. The molecule has 29 heavy (non-hydrogen) atoms. The third kappa shape index (κ3) is 3.73. The first-order chi connectivity index (χ1) is 14.0. The van der Waals surface area contributed by atoms with Crippen molar-refractivity contribution in [3.05, 3.63) is 88.2 Å². The van der Waals surface area contributed by atoms with Crippen molar-refractivity contribution in [1.29, 1.82) is 0 Å². The van der Waals surface area contributed by atoms with Gasteiger partial charge in [-0.05, 0) is 49.4 Å². The van der Waals surface area contributed by atoms with E-state index in [1.54, 1.807) is 54.6 Å². The lowest BCUT2D eigenvalue weighted by Crippen LogP contribution is -2.10. The molecule has 1 aromatic heterocycles. The first kappa shape index (κ1) is 18.4. The summed E-state index contributed by atoms with van der Waals surface area (Å²) in [6, 6.07) is 19.3. The number of carbonyl (C=O) groups excluding carboxylic acids is 1. The molecule has 0 saturated carbocycles. The predicted molar refractivity (Wildman–Crippen MR) is 110 cm³/mol. The van der Waals surface area contributed by atoms with Crippen molar-refractivity contribution in [2.75, 3.05) is 7.11 Å². The molecule has 0 radical (unpaired) electrons. The zero-order chi connectivity index (χ0) is 20.4. The van der Waals surface area contributed by atoms with Crippen molar-refractivity contribution in [3.63, 3.8) is 0 Å². The average molecular weight is 386 g/mol. The van der Waals surface area contributed by atoms with Crippen LogP contribution >= 0.6 is 0 Å². The second-order valence-corrected chi connectivity index (χ2v) is 6.56. The summed E-state index contributed by atoms with van der Waals surface area (Å²) in [5.41, 5.74) is 2.43. The molecule has 0 unspecified atom stereocenters. The molecule has 0 aliphatic carbocycles. The molecule has 0 fully saturated rings. The van der Waals surface area contributed by atoms with Gasteiger partial charge in [0.1, 0.15) is 5.82 Å². The third-order valence-corrected chi connectivity index (χ3v) is 4.51. The Balaban J connectivity index is 1.68. The van der Waals surface area contributed by atoms with Gasteiger partial charge in [0.2, 0.25) is 0 Å². The van der Waals surface area contributed by atoms with Gasteiger partial charge >= 0.3 is 5.97 Å². The number of aromatic amines is 1. The van der Waals surface area contributed by atoms with Gasteiger partial charge in [-0.3, -0.25) is 4.79 Å². The van der Waals surface area contributed by atoms with E-state index in [1.807, 2.05) is 19.1 Å². The third-order valence-electron chi connectivity index (χ3n) is 4.51. The van der Waals surface area contributed by atoms with Crippen LogP contribution in [0, 0.1) is 6.92 Å². The van der Waals surface area contributed by atoms with Crippen molar-refractivity contribution in [1.82, 2.24) is 9.97 Å². The van der Waals surface area contributed by atoms with E-state index in [2.05, 4.69) is 9.97 Å². The molecule has 1 heterocycles. The van der Waals surface area contributed by atoms with E-state index in [9.17, 15) is 9.59 Å². The van der Waals surface area contributed by atoms with E-state index in [4.69, 9.17) is 9.47 Å². The number of rotatable bonds is 4. The highest BCUT2D eigenvalue weighted by molar-refractivity contribution is 5.91. The van der Waals surface area contributed by atoms with Crippen molar-refractivity contribution < 1.29 is 14.3 Å². The van der Waals surface area contributed by atoms with Crippen LogP contribution in [0.4, 0.5) is 0 Å². The molecule has 4 rings (SSSR count). The van der Waals surface area contributed by atoms with Gasteiger partial charge in [-0.25, -0.2) is 9.78 Å². The van der Waals surface area contributed by atoms with Crippen LogP contribution in [-0.2, 0) is 0 Å². The Labute approximate surface area is 166 Å². The molecular formula is C23H18N2O4. The quantitative estimate of drug-likeness (QED) is 0.421. The van der Waals surface area contributed by atoms with Gasteiger partial charge in [0.25, 0.3) is 5.56 Å². The number of para-hydroxylation sites is 1. The van der Waals surface area contributed by atoms with Crippen LogP contribution in [-0.4, -0.2) is 23.0 Å². The van der Waals surface area contributed by atoms with Gasteiger partial charge in [-0.1, -0.05) is 29.8 Å². The van der Waals surface area contributed by atoms with Gasteiger partial charge in [0.05, 0.1) is 23.6 Å². The molecule has 0 saturated heterocycles. The highest BCUT2D eigenvalue weighted by Crippen LogP contribution is 2.32. The maximum absolute atomic E-state index is 12.4. The summed E-state index contributed by atoms with van der Waals surface area (Å²) in [5.74, 6) is 0.575. The molecule has 1 N–H and O–H groups in total. The summed E-state index contributed by atoms with van der Waals surface area (Å²) in [5, 5.41) is 0.520. The number of hydrogen-bond acceptors (Lipinski definition) is 5. The molecule has 6 heteroatoms. The number of aryl methyl sites for hydroxylation is 1. The van der Waals surface area contributed by atoms with E-state index < -0.39 is 5.97 Å². The van der Waals surface area contributed by atoms with Crippen molar-refractivity contribution in [2.24, 2.45) is 0 Å². The minimum Gasteiger partial charge on any atom is -0.493 e. The van der Waals surface area contributed by atoms with Crippen molar-refractivity contribution >= 4 is 16.9 Å². The Morgan fingerprint density at radius 1 is 0.966 bits per heavy atom. The predicted octanol–water partition coefficient (Wildman–Crippen LogP) is 4.13. The minimum atomic E-state index is -0.475. The normalized spacial score (nSPS) is 10.7. The summed E-state index contributed by atoms with van der Waals surface area (Å²) < 4.78 is 10.9. The van der Waals surface area contributed by atoms with Crippen LogP contribution in [0.15, 0.2) is 71.5 Å². The number of methoxy groups -OCH3 is 1. The molecule has 6 nitrogen and oxygen atoms in total. The van der Waals surface area contributed by atoms with E-state index in [1.165, 1.54) is 7.11 Å². The number of esters is 1. The second kappa shape index (κ2) is 7.59. The van der Waals surface area contributed by atoms with E-state index in [0.29, 0.717) is 33.6 Å². The summed E-state index contributed by atoms with van der Waals surface area (Å²) >= 11 is 0. The molecule has 0 spiro atoms. The number of nitrogens with one attached hydrogen (secondary N) is 1.